The maximum absolute atomic E-state index is 11.2. The molecule has 8 heteroatoms. The fourth-order valence-corrected chi connectivity index (χ4v) is 1.35. The Morgan fingerprint density at radius 1 is 1.60 bits per heavy atom. The summed E-state index contributed by atoms with van der Waals surface area (Å²) >= 11 is 0. The molecule has 106 valence electrons. The third-order valence-corrected chi connectivity index (χ3v) is 2.42. The number of aliphatic hydroxyl groups is 1. The molecule has 1 atom stereocenters. The van der Waals surface area contributed by atoms with Gasteiger partial charge in [-0.15, -0.1) is 0 Å². The van der Waals surface area contributed by atoms with E-state index in [1.54, 1.807) is 6.07 Å². The summed E-state index contributed by atoms with van der Waals surface area (Å²) < 4.78 is 9.46. The number of rotatable bonds is 5. The highest BCUT2D eigenvalue weighted by Gasteiger charge is 2.33. The minimum atomic E-state index is -1.93. The maximum Gasteiger partial charge on any atom is 0.341 e. The maximum atomic E-state index is 11.2. The zero-order chi connectivity index (χ0) is 15.3. The molecule has 1 aromatic rings. The summed E-state index contributed by atoms with van der Waals surface area (Å²) in [7, 11) is 1.10. The van der Waals surface area contributed by atoms with Crippen LogP contribution >= 0.6 is 0 Å². The van der Waals surface area contributed by atoms with Gasteiger partial charge in [-0.2, -0.15) is 5.26 Å². The van der Waals surface area contributed by atoms with Crippen molar-refractivity contribution in [2.24, 2.45) is 0 Å². The van der Waals surface area contributed by atoms with Crippen LogP contribution in [0.3, 0.4) is 0 Å². The van der Waals surface area contributed by atoms with Crippen molar-refractivity contribution in [2.45, 2.75) is 12.5 Å². The first kappa shape index (κ1) is 15.4. The number of nitriles is 1. The van der Waals surface area contributed by atoms with E-state index in [9.17, 15) is 20.0 Å². The molecule has 0 heterocycles. The summed E-state index contributed by atoms with van der Waals surface area (Å²) in [5.41, 5.74) is -2.26. The Kier molecular flexibility index (Phi) is 4.61. The van der Waals surface area contributed by atoms with Crippen molar-refractivity contribution in [3.63, 3.8) is 0 Å². The molecule has 0 fully saturated rings. The van der Waals surface area contributed by atoms with E-state index in [1.165, 1.54) is 12.1 Å². The minimum absolute atomic E-state index is 0.101. The normalized spacial score (nSPS) is 12.9. The predicted octanol–water partition coefficient (Wildman–Crippen LogP) is 0.769. The highest BCUT2D eigenvalue weighted by molar-refractivity contribution is 5.78. The first-order valence-electron chi connectivity index (χ1n) is 5.44. The van der Waals surface area contributed by atoms with Crippen molar-refractivity contribution < 1.29 is 24.3 Å². The smallest absolute Gasteiger partial charge is 0.341 e. The van der Waals surface area contributed by atoms with Gasteiger partial charge in [0.15, 0.2) is 11.4 Å². The first-order chi connectivity index (χ1) is 9.31. The number of ether oxygens (including phenoxy) is 2. The Morgan fingerprint density at radius 2 is 2.25 bits per heavy atom. The number of nitrogens with zero attached hydrogens (tertiary/aromatic N) is 2. The number of benzene rings is 1. The van der Waals surface area contributed by atoms with Gasteiger partial charge in [-0.05, 0) is 19.1 Å². The third kappa shape index (κ3) is 3.43. The fraction of sp³-hybridized carbons (Fsp3) is 0.333. The summed E-state index contributed by atoms with van der Waals surface area (Å²) in [5, 5.41) is 29.3. The number of esters is 1. The van der Waals surface area contributed by atoms with Crippen molar-refractivity contribution >= 4 is 11.7 Å². The van der Waals surface area contributed by atoms with Crippen LogP contribution in [0.1, 0.15) is 12.5 Å². The molecular weight excluding hydrogens is 268 g/mol. The second-order valence-corrected chi connectivity index (χ2v) is 4.11. The molecule has 1 rings (SSSR count). The molecule has 0 aromatic heterocycles. The van der Waals surface area contributed by atoms with Gasteiger partial charge in [-0.3, -0.25) is 10.1 Å². The Labute approximate surface area is 114 Å². The molecule has 0 saturated heterocycles. The van der Waals surface area contributed by atoms with Crippen LogP contribution in [0.15, 0.2) is 18.2 Å². The van der Waals surface area contributed by atoms with Crippen LogP contribution in [0, 0.1) is 21.4 Å². The SMILES string of the molecule is COC(=O)C(C)(O)COc1ccc(C#N)cc1[N+](=O)[O-]. The van der Waals surface area contributed by atoms with Gasteiger partial charge in [-0.25, -0.2) is 4.79 Å². The first-order valence-corrected chi connectivity index (χ1v) is 5.44. The van der Waals surface area contributed by atoms with Gasteiger partial charge in [0.05, 0.1) is 23.7 Å². The van der Waals surface area contributed by atoms with E-state index < -0.39 is 28.8 Å². The lowest BCUT2D eigenvalue weighted by molar-refractivity contribution is -0.386. The zero-order valence-electron chi connectivity index (χ0n) is 10.8. The van der Waals surface area contributed by atoms with Crippen LogP contribution in [0.2, 0.25) is 0 Å². The Hall–Kier alpha value is -2.66. The van der Waals surface area contributed by atoms with Gasteiger partial charge >= 0.3 is 11.7 Å². The second kappa shape index (κ2) is 5.99. The fourth-order valence-electron chi connectivity index (χ4n) is 1.35. The number of nitro groups is 1. The van der Waals surface area contributed by atoms with E-state index in [1.807, 2.05) is 0 Å². The summed E-state index contributed by atoms with van der Waals surface area (Å²) in [6, 6.07) is 5.36. The quantitative estimate of drug-likeness (QED) is 0.480. The van der Waals surface area contributed by atoms with Crippen molar-refractivity contribution in [3.05, 3.63) is 33.9 Å². The molecule has 0 aliphatic rings. The molecule has 20 heavy (non-hydrogen) atoms. The second-order valence-electron chi connectivity index (χ2n) is 4.11. The largest absolute Gasteiger partial charge is 0.483 e. The van der Waals surface area contributed by atoms with E-state index in [0.29, 0.717) is 0 Å². The molecule has 0 aliphatic heterocycles. The van der Waals surface area contributed by atoms with Crippen molar-refractivity contribution in [2.75, 3.05) is 13.7 Å². The minimum Gasteiger partial charge on any atom is -0.483 e. The van der Waals surface area contributed by atoms with Gasteiger partial charge in [0.25, 0.3) is 0 Å². The molecule has 1 aromatic carbocycles. The molecule has 1 N–H and O–H groups in total. The summed E-state index contributed by atoms with van der Waals surface area (Å²) in [6.45, 7) is 0.640. The summed E-state index contributed by atoms with van der Waals surface area (Å²) in [5.74, 6) is -1.08. The molecule has 1 unspecified atom stereocenters. The molecule has 0 spiro atoms. The summed E-state index contributed by atoms with van der Waals surface area (Å²) in [6.07, 6.45) is 0. The van der Waals surface area contributed by atoms with E-state index in [0.717, 1.165) is 20.1 Å². The van der Waals surface area contributed by atoms with Crippen LogP contribution in [0.4, 0.5) is 5.69 Å². The average Bonchev–Trinajstić information content (AvgIpc) is 2.43. The van der Waals surface area contributed by atoms with Gasteiger partial charge in [-0.1, -0.05) is 0 Å². The third-order valence-electron chi connectivity index (χ3n) is 2.42. The summed E-state index contributed by atoms with van der Waals surface area (Å²) in [4.78, 5) is 21.4. The lowest BCUT2D eigenvalue weighted by Crippen LogP contribution is -2.42. The van der Waals surface area contributed by atoms with Gasteiger partial charge in [0.1, 0.15) is 6.61 Å². The molecule has 8 nitrogen and oxygen atoms in total. The number of nitro benzene ring substituents is 1. The number of carbonyl (C=O) groups is 1. The lowest BCUT2D eigenvalue weighted by Gasteiger charge is -2.20. The number of carbonyl (C=O) groups excluding carboxylic acids is 1. The molecule has 0 amide bonds. The Balaban J connectivity index is 2.96. The average molecular weight is 280 g/mol. The number of hydrogen-bond donors (Lipinski definition) is 1. The highest BCUT2D eigenvalue weighted by atomic mass is 16.6. The van der Waals surface area contributed by atoms with E-state index in [-0.39, 0.29) is 11.3 Å². The van der Waals surface area contributed by atoms with Crippen LogP contribution in [-0.4, -0.2) is 35.3 Å². The molecule has 0 saturated carbocycles. The van der Waals surface area contributed by atoms with E-state index >= 15 is 0 Å². The monoisotopic (exact) mass is 280 g/mol. The molecule has 0 aliphatic carbocycles. The van der Waals surface area contributed by atoms with Crippen molar-refractivity contribution in [1.29, 1.82) is 5.26 Å². The molecular formula is C12H12N2O6. The van der Waals surface area contributed by atoms with Crippen LogP contribution in [-0.2, 0) is 9.53 Å². The van der Waals surface area contributed by atoms with Crippen molar-refractivity contribution in [1.82, 2.24) is 0 Å². The number of hydrogen-bond acceptors (Lipinski definition) is 7. The molecule has 0 bridgehead atoms. The topological polar surface area (TPSA) is 123 Å². The highest BCUT2D eigenvalue weighted by Crippen LogP contribution is 2.28. The zero-order valence-corrected chi connectivity index (χ0v) is 10.8. The standard InChI is InChI=1S/C12H12N2O6/c1-12(16,11(15)19-2)7-20-10-4-3-8(6-13)5-9(10)14(17)18/h3-5,16H,7H2,1-2H3. The predicted molar refractivity (Wildman–Crippen MR) is 65.9 cm³/mol. The van der Waals surface area contributed by atoms with Gasteiger partial charge in [0.2, 0.25) is 0 Å². The number of methoxy groups -OCH3 is 1. The van der Waals surface area contributed by atoms with Crippen LogP contribution in [0.25, 0.3) is 0 Å². The van der Waals surface area contributed by atoms with E-state index in [4.69, 9.17) is 10.00 Å². The Morgan fingerprint density at radius 3 is 2.75 bits per heavy atom. The van der Waals surface area contributed by atoms with Crippen molar-refractivity contribution in [3.8, 4) is 11.8 Å². The lowest BCUT2D eigenvalue weighted by atomic mass is 10.1. The molecule has 0 radical (unpaired) electrons. The van der Waals surface area contributed by atoms with Gasteiger partial charge < -0.3 is 14.6 Å². The van der Waals surface area contributed by atoms with Gasteiger partial charge in [0, 0.05) is 6.07 Å². The van der Waals surface area contributed by atoms with Crippen LogP contribution in [0.5, 0.6) is 5.75 Å². The van der Waals surface area contributed by atoms with Crippen LogP contribution < -0.4 is 4.74 Å². The van der Waals surface area contributed by atoms with E-state index in [2.05, 4.69) is 4.74 Å². The Bertz CT molecular complexity index is 576.